The molecule has 6 N–H and O–H groups in total. The molecule has 0 saturated heterocycles. The Morgan fingerprint density at radius 2 is 2.00 bits per heavy atom. The van der Waals surface area contributed by atoms with Crippen molar-refractivity contribution in [3.8, 4) is 11.8 Å². The van der Waals surface area contributed by atoms with Gasteiger partial charge >= 0.3 is 0 Å². The van der Waals surface area contributed by atoms with Crippen LogP contribution in [0, 0.1) is 11.3 Å². The Bertz CT molecular complexity index is 1290. The SMILES string of the molecule is COc1cccc(N2C(C(C)Nc3nc(N)nc(N)c3C#N)=Nc3cccc(Cl)c3C2O)c1. The number of amidine groups is 1. The minimum Gasteiger partial charge on any atom is -0.497 e. The van der Waals surface area contributed by atoms with Gasteiger partial charge in [-0.25, -0.2) is 4.99 Å². The van der Waals surface area contributed by atoms with Crippen molar-refractivity contribution in [2.45, 2.75) is 19.2 Å². The van der Waals surface area contributed by atoms with E-state index >= 15 is 0 Å². The normalized spacial score (nSPS) is 15.8. The molecule has 11 heteroatoms. The molecule has 4 rings (SSSR count). The molecular formula is C22H21ClN8O2. The maximum absolute atomic E-state index is 11.4. The van der Waals surface area contributed by atoms with Crippen LogP contribution in [0.25, 0.3) is 0 Å². The molecule has 1 aliphatic rings. The number of methoxy groups -OCH3 is 1. The second kappa shape index (κ2) is 8.82. The molecular weight excluding hydrogens is 444 g/mol. The van der Waals surface area contributed by atoms with E-state index in [1.54, 1.807) is 48.4 Å². The highest BCUT2D eigenvalue weighted by Gasteiger charge is 2.34. The number of nitrogen functional groups attached to an aromatic ring is 2. The standard InChI is InChI=1S/C22H21ClN8O2/c1-11(27-19-14(10-24)18(25)29-22(26)30-19)20-28-16-8-4-7-15(23)17(16)21(32)31(20)12-5-3-6-13(9-12)33-2/h3-9,11,21,32H,1-2H3,(H5,25,26,27,29,30). The Morgan fingerprint density at radius 1 is 1.24 bits per heavy atom. The largest absolute Gasteiger partial charge is 0.497 e. The number of nitrogens with two attached hydrogens (primary N) is 2. The van der Waals surface area contributed by atoms with Crippen molar-refractivity contribution in [3.63, 3.8) is 0 Å². The first-order valence-electron chi connectivity index (χ1n) is 9.92. The van der Waals surface area contributed by atoms with E-state index in [0.29, 0.717) is 33.5 Å². The second-order valence-electron chi connectivity index (χ2n) is 7.26. The van der Waals surface area contributed by atoms with Gasteiger partial charge in [-0.05, 0) is 31.2 Å². The van der Waals surface area contributed by atoms with Gasteiger partial charge in [0.05, 0.1) is 23.9 Å². The van der Waals surface area contributed by atoms with Crippen molar-refractivity contribution < 1.29 is 9.84 Å². The Morgan fingerprint density at radius 3 is 2.73 bits per heavy atom. The number of hydrogen-bond donors (Lipinski definition) is 4. The fourth-order valence-corrected chi connectivity index (χ4v) is 3.90. The molecule has 3 aromatic rings. The maximum Gasteiger partial charge on any atom is 0.224 e. The van der Waals surface area contributed by atoms with Crippen LogP contribution in [0.3, 0.4) is 0 Å². The molecule has 1 aromatic heterocycles. The molecule has 0 spiro atoms. The van der Waals surface area contributed by atoms with E-state index in [1.165, 1.54) is 0 Å². The van der Waals surface area contributed by atoms with Crippen molar-refractivity contribution in [3.05, 3.63) is 58.6 Å². The van der Waals surface area contributed by atoms with Crippen LogP contribution in [-0.4, -0.2) is 34.1 Å². The van der Waals surface area contributed by atoms with E-state index in [9.17, 15) is 10.4 Å². The first-order chi connectivity index (χ1) is 15.8. The average Bonchev–Trinajstić information content (AvgIpc) is 2.78. The number of aliphatic hydroxyl groups is 1. The molecule has 168 valence electrons. The molecule has 2 aromatic carbocycles. The first kappa shape index (κ1) is 22.1. The Balaban J connectivity index is 1.83. The zero-order valence-corrected chi connectivity index (χ0v) is 18.6. The smallest absolute Gasteiger partial charge is 0.224 e. The molecule has 0 aliphatic carbocycles. The maximum atomic E-state index is 11.4. The summed E-state index contributed by atoms with van der Waals surface area (Å²) in [6, 6.07) is 13.8. The molecule has 0 amide bonds. The predicted molar refractivity (Wildman–Crippen MR) is 128 cm³/mol. The Hall–Kier alpha value is -4.07. The quantitative estimate of drug-likeness (QED) is 0.444. The third kappa shape index (κ3) is 4.07. The second-order valence-corrected chi connectivity index (χ2v) is 7.66. The third-order valence-corrected chi connectivity index (χ3v) is 5.48. The van der Waals surface area contributed by atoms with Crippen molar-refractivity contribution in [1.29, 1.82) is 5.26 Å². The molecule has 0 radical (unpaired) electrons. The lowest BCUT2D eigenvalue weighted by molar-refractivity contribution is 0.186. The number of nitrogens with zero attached hydrogens (tertiary/aromatic N) is 5. The number of nitrogens with one attached hydrogen (secondary N) is 1. The van der Waals surface area contributed by atoms with Gasteiger partial charge in [0.2, 0.25) is 5.95 Å². The first-order valence-corrected chi connectivity index (χ1v) is 10.3. The van der Waals surface area contributed by atoms with Crippen LogP contribution in [0.15, 0.2) is 47.5 Å². The number of hydrogen-bond acceptors (Lipinski definition) is 10. The van der Waals surface area contributed by atoms with Gasteiger partial charge in [-0.1, -0.05) is 23.7 Å². The highest BCUT2D eigenvalue weighted by atomic mass is 35.5. The topological polar surface area (TPSA) is 159 Å². The van der Waals surface area contributed by atoms with Crippen molar-refractivity contribution in [1.82, 2.24) is 9.97 Å². The summed E-state index contributed by atoms with van der Waals surface area (Å²) in [7, 11) is 1.56. The number of anilines is 4. The molecule has 10 nitrogen and oxygen atoms in total. The summed E-state index contributed by atoms with van der Waals surface area (Å²) >= 11 is 6.40. The zero-order valence-electron chi connectivity index (χ0n) is 17.8. The third-order valence-electron chi connectivity index (χ3n) is 5.15. The molecule has 0 fully saturated rings. The summed E-state index contributed by atoms with van der Waals surface area (Å²) in [4.78, 5) is 14.4. The number of halogens is 1. The van der Waals surface area contributed by atoms with Gasteiger partial charge in [0.25, 0.3) is 0 Å². The highest BCUT2D eigenvalue weighted by Crippen LogP contribution is 2.41. The zero-order chi connectivity index (χ0) is 23.7. The Kier molecular flexibility index (Phi) is 5.91. The lowest BCUT2D eigenvalue weighted by Crippen LogP contribution is -2.46. The summed E-state index contributed by atoms with van der Waals surface area (Å²) < 4.78 is 5.35. The molecule has 2 unspecified atom stereocenters. The monoisotopic (exact) mass is 464 g/mol. The van der Waals surface area contributed by atoms with Crippen LogP contribution in [0.5, 0.6) is 5.75 Å². The molecule has 0 bridgehead atoms. The fourth-order valence-electron chi connectivity index (χ4n) is 3.63. The van der Waals surface area contributed by atoms with E-state index in [4.69, 9.17) is 32.8 Å². The van der Waals surface area contributed by atoms with E-state index in [1.807, 2.05) is 19.1 Å². The number of aliphatic hydroxyl groups excluding tert-OH is 1. The van der Waals surface area contributed by atoms with E-state index in [2.05, 4.69) is 15.3 Å². The summed E-state index contributed by atoms with van der Waals surface area (Å²) in [6.45, 7) is 1.81. The number of aliphatic imine (C=N–C) groups is 1. The van der Waals surface area contributed by atoms with Gasteiger partial charge in [0, 0.05) is 17.3 Å². The van der Waals surface area contributed by atoms with Gasteiger partial charge in [0.1, 0.15) is 29.0 Å². The van der Waals surface area contributed by atoms with Crippen molar-refractivity contribution >= 4 is 46.4 Å². The van der Waals surface area contributed by atoms with E-state index in [-0.39, 0.29) is 23.1 Å². The summed E-state index contributed by atoms with van der Waals surface area (Å²) in [6.07, 6.45) is -1.13. The lowest BCUT2D eigenvalue weighted by atomic mass is 10.0. The summed E-state index contributed by atoms with van der Waals surface area (Å²) in [5.74, 6) is 1.10. The number of fused-ring (bicyclic) bond motifs is 1. The molecule has 2 atom stereocenters. The van der Waals surface area contributed by atoms with Gasteiger partial charge < -0.3 is 26.6 Å². The van der Waals surface area contributed by atoms with Crippen LogP contribution in [0.4, 0.5) is 29.0 Å². The molecule has 2 heterocycles. The van der Waals surface area contributed by atoms with Crippen LogP contribution >= 0.6 is 11.6 Å². The molecule has 0 saturated carbocycles. The van der Waals surface area contributed by atoms with Gasteiger partial charge in [0.15, 0.2) is 12.0 Å². The number of rotatable bonds is 5. The number of ether oxygens (including phenoxy) is 1. The van der Waals surface area contributed by atoms with Crippen LogP contribution in [0.2, 0.25) is 5.02 Å². The van der Waals surface area contributed by atoms with Crippen LogP contribution < -0.4 is 26.4 Å². The average molecular weight is 465 g/mol. The summed E-state index contributed by atoms with van der Waals surface area (Å²) in [5.41, 5.74) is 13.3. The van der Waals surface area contributed by atoms with E-state index < -0.39 is 12.3 Å². The minimum atomic E-state index is -1.13. The van der Waals surface area contributed by atoms with Crippen molar-refractivity contribution in [2.24, 2.45) is 4.99 Å². The van der Waals surface area contributed by atoms with Crippen molar-refractivity contribution in [2.75, 3.05) is 28.8 Å². The number of benzene rings is 2. The molecule has 1 aliphatic heterocycles. The number of nitriles is 1. The van der Waals surface area contributed by atoms with Gasteiger partial charge in [-0.2, -0.15) is 15.2 Å². The predicted octanol–water partition coefficient (Wildman–Crippen LogP) is 3.22. The van der Waals surface area contributed by atoms with Gasteiger partial charge in [-0.3, -0.25) is 4.90 Å². The van der Waals surface area contributed by atoms with Gasteiger partial charge in [-0.15, -0.1) is 0 Å². The lowest BCUT2D eigenvalue weighted by Gasteiger charge is -2.38. The minimum absolute atomic E-state index is 0.0351. The van der Waals surface area contributed by atoms with E-state index in [0.717, 1.165) is 0 Å². The molecule has 33 heavy (non-hydrogen) atoms. The number of aromatic nitrogens is 2. The van der Waals surface area contributed by atoms with Crippen LogP contribution in [0.1, 0.15) is 24.3 Å². The summed E-state index contributed by atoms with van der Waals surface area (Å²) in [5, 5.41) is 24.4. The fraction of sp³-hybridized carbons (Fsp3) is 0.182. The highest BCUT2D eigenvalue weighted by molar-refractivity contribution is 6.32. The van der Waals surface area contributed by atoms with Crippen LogP contribution in [-0.2, 0) is 0 Å². The Labute approximate surface area is 195 Å².